The van der Waals surface area contributed by atoms with Crippen LogP contribution >= 0.6 is 0 Å². The third kappa shape index (κ3) is 6.30. The van der Waals surface area contributed by atoms with Crippen LogP contribution in [0.1, 0.15) is 126 Å². The van der Waals surface area contributed by atoms with Crippen LogP contribution in [0.15, 0.2) is 24.3 Å². The number of unbranched alkanes of at least 4 members (excludes halogenated alkanes) is 4. The first kappa shape index (κ1) is 26.3. The van der Waals surface area contributed by atoms with Crippen molar-refractivity contribution < 1.29 is 10.2 Å². The molecule has 178 valence electrons. The van der Waals surface area contributed by atoms with Crippen molar-refractivity contribution in [3.63, 3.8) is 0 Å². The highest BCUT2D eigenvalue weighted by molar-refractivity contribution is 5.56. The summed E-state index contributed by atoms with van der Waals surface area (Å²) in [4.78, 5) is 0. The lowest BCUT2D eigenvalue weighted by molar-refractivity contribution is 0.423. The summed E-state index contributed by atoms with van der Waals surface area (Å²) in [6.45, 7) is 19.3. The Morgan fingerprint density at radius 3 is 1.44 bits per heavy atom. The van der Waals surface area contributed by atoms with Gasteiger partial charge in [0.15, 0.2) is 0 Å². The maximum absolute atomic E-state index is 11.4. The van der Waals surface area contributed by atoms with Crippen molar-refractivity contribution in [2.45, 2.75) is 118 Å². The molecule has 2 aromatic rings. The smallest absolute Gasteiger partial charge is 0.123 e. The molecule has 0 heterocycles. The molecule has 0 fully saturated rings. The minimum Gasteiger partial charge on any atom is -0.507 e. The monoisotopic (exact) mass is 438 g/mol. The molecule has 0 saturated carbocycles. The van der Waals surface area contributed by atoms with Crippen LogP contribution < -0.4 is 0 Å². The lowest BCUT2D eigenvalue weighted by Crippen LogP contribution is -2.16. The van der Waals surface area contributed by atoms with Gasteiger partial charge in [-0.05, 0) is 42.2 Å². The summed E-state index contributed by atoms with van der Waals surface area (Å²) >= 11 is 0. The summed E-state index contributed by atoms with van der Waals surface area (Å²) in [6.07, 6.45) is 6.92. The van der Waals surface area contributed by atoms with Crippen LogP contribution in [0, 0.1) is 13.8 Å². The number of aromatic hydroxyl groups is 2. The van der Waals surface area contributed by atoms with Gasteiger partial charge in [-0.15, -0.1) is 0 Å². The van der Waals surface area contributed by atoms with E-state index in [-0.39, 0.29) is 16.7 Å². The first-order valence-corrected chi connectivity index (χ1v) is 12.4. The quantitative estimate of drug-likeness (QED) is 0.404. The summed E-state index contributed by atoms with van der Waals surface area (Å²) in [7, 11) is 0. The molecule has 0 spiro atoms. The number of rotatable bonds is 8. The van der Waals surface area contributed by atoms with Gasteiger partial charge in [0.1, 0.15) is 11.5 Å². The Morgan fingerprint density at radius 1 is 0.656 bits per heavy atom. The topological polar surface area (TPSA) is 40.5 Å². The van der Waals surface area contributed by atoms with E-state index in [0.717, 1.165) is 46.2 Å². The zero-order valence-corrected chi connectivity index (χ0v) is 22.0. The number of hydrogen-bond acceptors (Lipinski definition) is 2. The minimum absolute atomic E-state index is 0.0290. The third-order valence-electron chi connectivity index (χ3n) is 6.53. The molecule has 2 heteroatoms. The third-order valence-corrected chi connectivity index (χ3v) is 6.53. The summed E-state index contributed by atoms with van der Waals surface area (Å²) in [5.41, 5.74) is 5.86. The van der Waals surface area contributed by atoms with E-state index in [1.54, 1.807) is 0 Å². The second-order valence-corrected chi connectivity index (χ2v) is 11.8. The Balaban J connectivity index is 2.67. The van der Waals surface area contributed by atoms with Crippen molar-refractivity contribution in [1.29, 1.82) is 0 Å². The molecule has 2 rings (SSSR count). The van der Waals surface area contributed by atoms with E-state index in [1.165, 1.54) is 25.7 Å². The molecule has 0 bridgehead atoms. The van der Waals surface area contributed by atoms with Gasteiger partial charge >= 0.3 is 0 Å². The summed E-state index contributed by atoms with van der Waals surface area (Å²) < 4.78 is 0. The average Bonchev–Trinajstić information content (AvgIpc) is 2.66. The first-order chi connectivity index (χ1) is 14.8. The van der Waals surface area contributed by atoms with Crippen LogP contribution in [0.3, 0.4) is 0 Å². The standard InChI is InChI=1S/C30H46O2/c1-10-11-12-13-14-15-22(23-16-20(2)18-25(27(23)31)29(4,5)6)24-17-21(3)19-26(28(24)32)30(7,8)9/h16-19,22,31-32H,10-15H2,1-9H3. The molecule has 0 aliphatic carbocycles. The predicted molar refractivity (Wildman–Crippen MR) is 138 cm³/mol. The van der Waals surface area contributed by atoms with E-state index in [1.807, 2.05) is 0 Å². The van der Waals surface area contributed by atoms with Gasteiger partial charge in [-0.1, -0.05) is 116 Å². The second-order valence-electron chi connectivity index (χ2n) is 11.8. The molecule has 0 unspecified atom stereocenters. The molecule has 2 nitrogen and oxygen atoms in total. The van der Waals surface area contributed by atoms with Gasteiger partial charge in [0.2, 0.25) is 0 Å². The van der Waals surface area contributed by atoms with Crippen LogP contribution in [0.5, 0.6) is 11.5 Å². The fraction of sp³-hybridized carbons (Fsp3) is 0.600. The number of benzene rings is 2. The van der Waals surface area contributed by atoms with Gasteiger partial charge in [-0.2, -0.15) is 0 Å². The zero-order valence-electron chi connectivity index (χ0n) is 22.0. The summed E-state index contributed by atoms with van der Waals surface area (Å²) in [6, 6.07) is 8.46. The van der Waals surface area contributed by atoms with E-state index in [2.05, 4.69) is 86.6 Å². The highest BCUT2D eigenvalue weighted by Gasteiger charge is 2.29. The zero-order chi connectivity index (χ0) is 24.3. The molecule has 2 N–H and O–H groups in total. The van der Waals surface area contributed by atoms with Crippen LogP contribution in [-0.2, 0) is 10.8 Å². The molecule has 0 amide bonds. The normalized spacial score (nSPS) is 12.6. The highest BCUT2D eigenvalue weighted by Crippen LogP contribution is 2.46. The number of hydrogen-bond donors (Lipinski definition) is 2. The van der Waals surface area contributed by atoms with Gasteiger partial charge in [0.25, 0.3) is 0 Å². The molecule has 0 aliphatic rings. The van der Waals surface area contributed by atoms with E-state index >= 15 is 0 Å². The Hall–Kier alpha value is -1.96. The van der Waals surface area contributed by atoms with Gasteiger partial charge in [0.05, 0.1) is 0 Å². The van der Waals surface area contributed by atoms with E-state index in [9.17, 15) is 10.2 Å². The van der Waals surface area contributed by atoms with Crippen molar-refractivity contribution in [3.05, 3.63) is 57.6 Å². The van der Waals surface area contributed by atoms with Gasteiger partial charge < -0.3 is 10.2 Å². The first-order valence-electron chi connectivity index (χ1n) is 12.4. The molecule has 0 aromatic heterocycles. The van der Waals surface area contributed by atoms with Crippen molar-refractivity contribution in [1.82, 2.24) is 0 Å². The van der Waals surface area contributed by atoms with Crippen LogP contribution in [0.25, 0.3) is 0 Å². The maximum Gasteiger partial charge on any atom is 0.123 e. The fourth-order valence-electron chi connectivity index (χ4n) is 4.72. The number of aryl methyl sites for hydroxylation is 2. The number of phenols is 2. The SMILES string of the molecule is CCCCCCCC(c1cc(C)cc(C(C)(C)C)c1O)c1cc(C)cc(C(C)(C)C)c1O. The van der Waals surface area contributed by atoms with Crippen molar-refractivity contribution >= 4 is 0 Å². The maximum atomic E-state index is 11.4. The lowest BCUT2D eigenvalue weighted by Gasteiger charge is -2.29. The van der Waals surface area contributed by atoms with Gasteiger partial charge in [-0.3, -0.25) is 0 Å². The molecule has 0 aliphatic heterocycles. The molecule has 32 heavy (non-hydrogen) atoms. The Kier molecular flexibility index (Phi) is 8.48. The second kappa shape index (κ2) is 10.3. The van der Waals surface area contributed by atoms with Crippen LogP contribution in [0.4, 0.5) is 0 Å². The summed E-state index contributed by atoms with van der Waals surface area (Å²) in [5.74, 6) is 0.748. The summed E-state index contributed by atoms with van der Waals surface area (Å²) in [5, 5.41) is 22.9. The molecule has 0 atom stereocenters. The molecular formula is C30H46O2. The van der Waals surface area contributed by atoms with Crippen LogP contribution in [0.2, 0.25) is 0 Å². The van der Waals surface area contributed by atoms with Crippen molar-refractivity contribution in [3.8, 4) is 11.5 Å². The highest BCUT2D eigenvalue weighted by atomic mass is 16.3. The largest absolute Gasteiger partial charge is 0.507 e. The lowest BCUT2D eigenvalue weighted by atomic mass is 9.77. The van der Waals surface area contributed by atoms with Crippen molar-refractivity contribution in [2.75, 3.05) is 0 Å². The average molecular weight is 439 g/mol. The Bertz CT molecular complexity index is 840. The van der Waals surface area contributed by atoms with E-state index < -0.39 is 0 Å². The molecular weight excluding hydrogens is 392 g/mol. The Morgan fingerprint density at radius 2 is 1.06 bits per heavy atom. The van der Waals surface area contributed by atoms with Crippen LogP contribution in [-0.4, -0.2) is 10.2 Å². The van der Waals surface area contributed by atoms with E-state index in [0.29, 0.717) is 11.5 Å². The van der Waals surface area contributed by atoms with E-state index in [4.69, 9.17) is 0 Å². The fourth-order valence-corrected chi connectivity index (χ4v) is 4.72. The predicted octanol–water partition coefficient (Wildman–Crippen LogP) is 8.80. The molecule has 0 radical (unpaired) electrons. The molecule has 2 aromatic carbocycles. The van der Waals surface area contributed by atoms with Gasteiger partial charge in [-0.25, -0.2) is 0 Å². The molecule has 0 saturated heterocycles. The van der Waals surface area contributed by atoms with Gasteiger partial charge in [0, 0.05) is 17.0 Å². The van der Waals surface area contributed by atoms with Crippen molar-refractivity contribution in [2.24, 2.45) is 0 Å². The number of phenolic OH excluding ortho intramolecular Hbond substituents is 2. The Labute approximate surface area is 197 Å². The minimum atomic E-state index is -0.151.